The number of urea groups is 1. The third-order valence-corrected chi connectivity index (χ3v) is 9.26. The second-order valence-corrected chi connectivity index (χ2v) is 12.1. The first-order valence-electron chi connectivity index (χ1n) is 15.4. The second kappa shape index (κ2) is 12.3. The maximum absolute atomic E-state index is 14.5. The molecule has 4 heterocycles. The number of aryl methyl sites for hydroxylation is 1. The topological polar surface area (TPSA) is 82.1 Å². The van der Waals surface area contributed by atoms with E-state index in [0.29, 0.717) is 36.9 Å². The number of aromatic nitrogens is 1. The fraction of sp³-hybridized carbons (Fsp3) is 0.594. The second-order valence-electron chi connectivity index (χ2n) is 12.1. The fourth-order valence-electron chi connectivity index (χ4n) is 6.86. The Morgan fingerprint density at radius 2 is 1.77 bits per heavy atom. The number of hydrogen-bond donors (Lipinski definition) is 2. The first-order chi connectivity index (χ1) is 19.6. The van der Waals surface area contributed by atoms with E-state index >= 15 is 0 Å². The van der Waals surface area contributed by atoms with Crippen LogP contribution in [0.25, 0.3) is 0 Å². The third-order valence-electron chi connectivity index (χ3n) is 9.26. The molecule has 1 aliphatic carbocycles. The van der Waals surface area contributed by atoms with Gasteiger partial charge in [0.05, 0.1) is 29.3 Å². The predicted molar refractivity (Wildman–Crippen MR) is 160 cm³/mol. The van der Waals surface area contributed by atoms with Crippen LogP contribution in [0.2, 0.25) is 0 Å². The van der Waals surface area contributed by atoms with Crippen LogP contribution in [0.4, 0.5) is 22.0 Å². The minimum absolute atomic E-state index is 0.0181. The van der Waals surface area contributed by atoms with Crippen LogP contribution in [0.5, 0.6) is 0 Å². The molecule has 1 aromatic carbocycles. The molecule has 8 nitrogen and oxygen atoms in total. The Hall–Kier alpha value is -2.97. The zero-order valence-corrected chi connectivity index (χ0v) is 24.1. The number of piperidine rings is 1. The van der Waals surface area contributed by atoms with E-state index in [4.69, 9.17) is 14.8 Å². The summed E-state index contributed by atoms with van der Waals surface area (Å²) in [5.74, 6) is 1.64. The molecule has 4 aliphatic rings. The summed E-state index contributed by atoms with van der Waals surface area (Å²) in [5.41, 5.74) is 5.12. The smallest absolute Gasteiger partial charge is 0.351 e. The van der Waals surface area contributed by atoms with E-state index in [-0.39, 0.29) is 12.1 Å². The number of ether oxygens (including phenoxy) is 1. The van der Waals surface area contributed by atoms with Gasteiger partial charge in [0, 0.05) is 30.7 Å². The van der Waals surface area contributed by atoms with Gasteiger partial charge in [-0.1, -0.05) is 31.4 Å². The van der Waals surface area contributed by atoms with Crippen molar-refractivity contribution in [2.45, 2.75) is 83.7 Å². The van der Waals surface area contributed by atoms with E-state index in [2.05, 4.69) is 48.7 Å². The molecule has 6 rings (SSSR count). The summed E-state index contributed by atoms with van der Waals surface area (Å²) in [5, 5.41) is 14.1. The van der Waals surface area contributed by atoms with E-state index in [1.54, 1.807) is 9.91 Å². The normalized spacial score (nSPS) is 22.4. The van der Waals surface area contributed by atoms with Crippen molar-refractivity contribution in [3.63, 3.8) is 0 Å². The average Bonchev–Trinajstić information content (AvgIpc) is 3.12. The standard InChI is InChI=1S/C32H44N6O2/c1-22-8-10-28-29(20-22)37(30-11-9-26(21-34-30)35-23(2)24-12-16-33-17-13-24)32(39)38(27-14-18-40-19-15-27)36-31(28)25-6-4-3-5-7-25/h8-11,20-21,23-25,27,33,35H,3-7,12-19H2,1-2H3. The Bertz CT molecular complexity index is 1200. The Labute approximate surface area is 238 Å². The Morgan fingerprint density at radius 3 is 2.50 bits per heavy atom. The highest BCUT2D eigenvalue weighted by atomic mass is 16.5. The lowest BCUT2D eigenvalue weighted by Gasteiger charge is -2.33. The lowest BCUT2D eigenvalue weighted by Crippen LogP contribution is -2.45. The molecule has 1 aromatic heterocycles. The van der Waals surface area contributed by atoms with Gasteiger partial charge in [-0.05, 0) is 95.1 Å². The number of anilines is 3. The largest absolute Gasteiger partial charge is 0.381 e. The number of pyridine rings is 1. The van der Waals surface area contributed by atoms with Crippen molar-refractivity contribution >= 4 is 28.9 Å². The van der Waals surface area contributed by atoms with Gasteiger partial charge in [0.2, 0.25) is 0 Å². The van der Waals surface area contributed by atoms with Crippen LogP contribution in [-0.2, 0) is 4.74 Å². The average molecular weight is 545 g/mol. The van der Waals surface area contributed by atoms with Gasteiger partial charge in [0.15, 0.2) is 0 Å². The summed E-state index contributed by atoms with van der Waals surface area (Å²) in [4.78, 5) is 21.1. The molecule has 3 aliphatic heterocycles. The minimum atomic E-state index is -0.124. The van der Waals surface area contributed by atoms with E-state index < -0.39 is 0 Å². The minimum Gasteiger partial charge on any atom is -0.381 e. The number of hydrazone groups is 1. The van der Waals surface area contributed by atoms with Crippen molar-refractivity contribution in [2.24, 2.45) is 16.9 Å². The monoisotopic (exact) mass is 544 g/mol. The highest BCUT2D eigenvalue weighted by Crippen LogP contribution is 2.38. The number of rotatable bonds is 6. The number of carbonyl (C=O) groups is 1. The molecule has 214 valence electrons. The molecule has 2 N–H and O–H groups in total. The van der Waals surface area contributed by atoms with Gasteiger partial charge in [-0.2, -0.15) is 5.10 Å². The first-order valence-corrected chi connectivity index (χ1v) is 15.4. The summed E-state index contributed by atoms with van der Waals surface area (Å²) in [6, 6.07) is 10.8. The number of fused-ring (bicyclic) bond motifs is 1. The van der Waals surface area contributed by atoms with Gasteiger partial charge in [-0.3, -0.25) is 0 Å². The maximum Gasteiger partial charge on any atom is 0.351 e. The van der Waals surface area contributed by atoms with Crippen molar-refractivity contribution in [2.75, 3.05) is 36.5 Å². The van der Waals surface area contributed by atoms with Crippen LogP contribution in [0.3, 0.4) is 0 Å². The molecule has 0 bridgehead atoms. The summed E-state index contributed by atoms with van der Waals surface area (Å²) in [7, 11) is 0. The summed E-state index contributed by atoms with van der Waals surface area (Å²) < 4.78 is 5.65. The Morgan fingerprint density at radius 1 is 1.00 bits per heavy atom. The quantitative estimate of drug-likeness (QED) is 0.451. The number of nitrogens with one attached hydrogen (secondary N) is 2. The molecule has 2 amide bonds. The van der Waals surface area contributed by atoms with Crippen LogP contribution in [-0.4, -0.2) is 60.1 Å². The SMILES string of the molecule is Cc1ccc2c(c1)N(c1ccc(NC(C)C3CCNCC3)cn1)C(=O)N(C1CCOCC1)N=C2C1CCCCC1. The van der Waals surface area contributed by atoms with Crippen LogP contribution >= 0.6 is 0 Å². The molecular weight excluding hydrogens is 500 g/mol. The highest BCUT2D eigenvalue weighted by molar-refractivity contribution is 6.13. The van der Waals surface area contributed by atoms with E-state index in [1.165, 1.54) is 32.1 Å². The number of carbonyl (C=O) groups excluding carboxylic acids is 1. The Balaban J connectivity index is 1.35. The van der Waals surface area contributed by atoms with E-state index in [0.717, 1.165) is 67.0 Å². The molecule has 8 heteroatoms. The zero-order valence-electron chi connectivity index (χ0n) is 24.1. The zero-order chi connectivity index (χ0) is 27.5. The van der Waals surface area contributed by atoms with Crippen molar-refractivity contribution < 1.29 is 9.53 Å². The molecule has 1 atom stereocenters. The fourth-order valence-corrected chi connectivity index (χ4v) is 6.86. The van der Waals surface area contributed by atoms with Crippen molar-refractivity contribution in [1.82, 2.24) is 15.3 Å². The lowest BCUT2D eigenvalue weighted by molar-refractivity contribution is 0.0480. The van der Waals surface area contributed by atoms with Gasteiger partial charge in [0.25, 0.3) is 0 Å². The number of nitrogens with zero attached hydrogens (tertiary/aromatic N) is 4. The van der Waals surface area contributed by atoms with Gasteiger partial charge < -0.3 is 15.4 Å². The molecular formula is C32H44N6O2. The predicted octanol–water partition coefficient (Wildman–Crippen LogP) is 6.23. The summed E-state index contributed by atoms with van der Waals surface area (Å²) >= 11 is 0. The Kier molecular flexibility index (Phi) is 8.35. The van der Waals surface area contributed by atoms with Crippen LogP contribution in [0.15, 0.2) is 41.6 Å². The van der Waals surface area contributed by atoms with E-state index in [9.17, 15) is 4.79 Å². The summed E-state index contributed by atoms with van der Waals surface area (Å²) in [6.07, 6.45) is 11.8. The van der Waals surface area contributed by atoms with Gasteiger partial charge in [-0.15, -0.1) is 0 Å². The maximum atomic E-state index is 14.5. The molecule has 40 heavy (non-hydrogen) atoms. The molecule has 0 spiro atoms. The number of hydrogen-bond acceptors (Lipinski definition) is 6. The summed E-state index contributed by atoms with van der Waals surface area (Å²) in [6.45, 7) is 7.82. The first kappa shape index (κ1) is 27.2. The van der Waals surface area contributed by atoms with Gasteiger partial charge >= 0.3 is 6.03 Å². The van der Waals surface area contributed by atoms with Crippen LogP contribution < -0.4 is 15.5 Å². The molecule has 1 saturated carbocycles. The number of benzene rings is 1. The van der Waals surface area contributed by atoms with Crippen molar-refractivity contribution in [3.8, 4) is 0 Å². The molecule has 0 radical (unpaired) electrons. The highest BCUT2D eigenvalue weighted by Gasteiger charge is 2.38. The van der Waals surface area contributed by atoms with Crippen molar-refractivity contribution in [3.05, 3.63) is 47.7 Å². The molecule has 1 unspecified atom stereocenters. The van der Waals surface area contributed by atoms with E-state index in [1.807, 2.05) is 12.3 Å². The molecule has 2 saturated heterocycles. The van der Waals surface area contributed by atoms with Crippen LogP contribution in [0.1, 0.15) is 75.8 Å². The van der Waals surface area contributed by atoms with Gasteiger partial charge in [0.1, 0.15) is 5.82 Å². The van der Waals surface area contributed by atoms with Crippen molar-refractivity contribution in [1.29, 1.82) is 0 Å². The third kappa shape index (κ3) is 5.75. The van der Waals surface area contributed by atoms with Gasteiger partial charge in [-0.25, -0.2) is 19.7 Å². The molecule has 3 fully saturated rings. The van der Waals surface area contributed by atoms with Crippen LogP contribution in [0, 0.1) is 18.8 Å². The number of amides is 2. The lowest BCUT2D eigenvalue weighted by atomic mass is 9.82. The molecule has 2 aromatic rings.